The van der Waals surface area contributed by atoms with Gasteiger partial charge < -0.3 is 23.5 Å². The van der Waals surface area contributed by atoms with E-state index in [1.807, 2.05) is 19.9 Å². The number of methoxy groups -OCH3 is 2. The van der Waals surface area contributed by atoms with Gasteiger partial charge in [0.25, 0.3) is 0 Å². The minimum absolute atomic E-state index is 0.00617. The number of carboxylic acid groups (broad SMARTS) is 1. The molecule has 0 unspecified atom stereocenters. The highest BCUT2D eigenvalue weighted by atomic mass is 32.2. The van der Waals surface area contributed by atoms with E-state index in [1.54, 1.807) is 24.3 Å². The molecule has 0 saturated carbocycles. The van der Waals surface area contributed by atoms with Crippen LogP contribution in [0.3, 0.4) is 0 Å². The summed E-state index contributed by atoms with van der Waals surface area (Å²) < 4.78 is 58.8. The second kappa shape index (κ2) is 12.0. The first-order valence-electron chi connectivity index (χ1n) is 11.5. The largest absolute Gasteiger partial charge is 0.496 e. The smallest absolute Gasteiger partial charge is 0.339 e. The summed E-state index contributed by atoms with van der Waals surface area (Å²) in [6.45, 7) is 4.29. The highest BCUT2D eigenvalue weighted by Crippen LogP contribution is 2.42. The van der Waals surface area contributed by atoms with Crippen LogP contribution in [0.4, 0.5) is 4.39 Å². The molecule has 3 rings (SSSR count). The average Bonchev–Trinajstić information content (AvgIpc) is 2.86. The van der Waals surface area contributed by atoms with Crippen LogP contribution in [0.25, 0.3) is 22.3 Å². The number of halogens is 1. The molecule has 202 valence electrons. The lowest BCUT2D eigenvalue weighted by molar-refractivity contribution is 0.0692. The zero-order valence-corrected chi connectivity index (χ0v) is 22.5. The number of carbonyl (C=O) groups is 1. The second-order valence-corrected chi connectivity index (χ2v) is 10.2. The Balaban J connectivity index is 2.03. The molecule has 0 aromatic heterocycles. The minimum Gasteiger partial charge on any atom is -0.496 e. The Bertz CT molecular complexity index is 1470. The van der Waals surface area contributed by atoms with E-state index in [4.69, 9.17) is 14.2 Å². The van der Waals surface area contributed by atoms with Crippen molar-refractivity contribution in [3.8, 4) is 45.3 Å². The maximum absolute atomic E-state index is 14.6. The lowest BCUT2D eigenvalue weighted by Crippen LogP contribution is -2.07. The third kappa shape index (κ3) is 7.04. The monoisotopic (exact) mass is 544 g/mol. The average molecular weight is 545 g/mol. The van der Waals surface area contributed by atoms with Gasteiger partial charge in [-0.1, -0.05) is 23.8 Å². The first-order valence-corrected chi connectivity index (χ1v) is 13.3. The Kier molecular flexibility index (Phi) is 9.00. The SMILES string of the molecule is COc1cc(-c2ccc(OCCC=C(C)C)c(C(=O)O)c2)c(OC)cc1-c1ccc(OS(C)(=O)=O)c(F)c1. The third-order valence-electron chi connectivity index (χ3n) is 5.45. The summed E-state index contributed by atoms with van der Waals surface area (Å²) in [6.07, 6.45) is 3.48. The molecule has 10 heteroatoms. The maximum Gasteiger partial charge on any atom is 0.339 e. The van der Waals surface area contributed by atoms with Crippen molar-refractivity contribution in [2.45, 2.75) is 20.3 Å². The van der Waals surface area contributed by atoms with Gasteiger partial charge in [0, 0.05) is 11.1 Å². The highest BCUT2D eigenvalue weighted by Gasteiger charge is 2.19. The van der Waals surface area contributed by atoms with Crippen molar-refractivity contribution in [3.63, 3.8) is 0 Å². The van der Waals surface area contributed by atoms with Crippen molar-refractivity contribution in [1.29, 1.82) is 0 Å². The van der Waals surface area contributed by atoms with E-state index in [0.717, 1.165) is 17.9 Å². The van der Waals surface area contributed by atoms with Crippen LogP contribution < -0.4 is 18.4 Å². The lowest BCUT2D eigenvalue weighted by Gasteiger charge is -2.17. The van der Waals surface area contributed by atoms with Crippen molar-refractivity contribution in [2.24, 2.45) is 0 Å². The summed E-state index contributed by atoms with van der Waals surface area (Å²) in [4.78, 5) is 12.0. The molecule has 0 saturated heterocycles. The number of carboxylic acids is 1. The summed E-state index contributed by atoms with van der Waals surface area (Å²) in [5.41, 5.74) is 3.08. The molecule has 3 aromatic carbocycles. The van der Waals surface area contributed by atoms with Crippen LogP contribution in [0.15, 0.2) is 60.2 Å². The fourth-order valence-corrected chi connectivity index (χ4v) is 4.22. The van der Waals surface area contributed by atoms with Gasteiger partial charge in [-0.2, -0.15) is 8.42 Å². The number of allylic oxidation sites excluding steroid dienone is 1. The number of aromatic carboxylic acids is 1. The van der Waals surface area contributed by atoms with Crippen molar-refractivity contribution in [2.75, 3.05) is 27.1 Å². The lowest BCUT2D eigenvalue weighted by atomic mass is 9.96. The van der Waals surface area contributed by atoms with E-state index in [-0.39, 0.29) is 11.3 Å². The summed E-state index contributed by atoms with van der Waals surface area (Å²) in [5.74, 6) is -1.45. The van der Waals surface area contributed by atoms with Gasteiger partial charge in [0.2, 0.25) is 0 Å². The Morgan fingerprint density at radius 2 is 1.45 bits per heavy atom. The molecular weight excluding hydrogens is 515 g/mol. The standard InChI is InChI=1S/C28H29FO8S/c1-17(2)7-6-12-36-24-10-8-18(13-22(24)28(30)31)20-15-27(35-4)21(16-26(20)34-3)19-9-11-25(23(29)14-19)37-38(5,32)33/h7-11,13-16H,6,12H2,1-5H3,(H,30,31). The van der Waals surface area contributed by atoms with Gasteiger partial charge >= 0.3 is 16.1 Å². The Labute approximate surface area is 221 Å². The number of rotatable bonds is 11. The van der Waals surface area contributed by atoms with Crippen LogP contribution in [0.1, 0.15) is 30.6 Å². The highest BCUT2D eigenvalue weighted by molar-refractivity contribution is 7.86. The van der Waals surface area contributed by atoms with E-state index < -0.39 is 27.7 Å². The van der Waals surface area contributed by atoms with E-state index >= 15 is 0 Å². The van der Waals surface area contributed by atoms with E-state index in [2.05, 4.69) is 4.18 Å². The summed E-state index contributed by atoms with van der Waals surface area (Å²) in [5, 5.41) is 9.79. The van der Waals surface area contributed by atoms with Gasteiger partial charge in [-0.3, -0.25) is 0 Å². The van der Waals surface area contributed by atoms with Crippen molar-refractivity contribution in [3.05, 3.63) is 71.6 Å². The summed E-state index contributed by atoms with van der Waals surface area (Å²) >= 11 is 0. The molecule has 8 nitrogen and oxygen atoms in total. The fraction of sp³-hybridized carbons (Fsp3) is 0.250. The Morgan fingerprint density at radius 3 is 1.92 bits per heavy atom. The normalized spacial score (nSPS) is 11.0. The zero-order valence-electron chi connectivity index (χ0n) is 21.7. The van der Waals surface area contributed by atoms with E-state index in [0.29, 0.717) is 46.8 Å². The summed E-state index contributed by atoms with van der Waals surface area (Å²) in [7, 11) is -0.999. The molecule has 0 bridgehead atoms. The number of benzene rings is 3. The fourth-order valence-electron chi connectivity index (χ4n) is 3.75. The molecule has 38 heavy (non-hydrogen) atoms. The molecule has 0 atom stereocenters. The van der Waals surface area contributed by atoms with Crippen LogP contribution in [-0.4, -0.2) is 46.6 Å². The molecule has 1 N–H and O–H groups in total. The molecule has 0 aliphatic rings. The van der Waals surface area contributed by atoms with Gasteiger partial charge in [0.05, 0.1) is 27.1 Å². The van der Waals surface area contributed by atoms with Crippen LogP contribution >= 0.6 is 0 Å². The van der Waals surface area contributed by atoms with Crippen molar-refractivity contribution < 1.29 is 41.1 Å². The van der Waals surface area contributed by atoms with Crippen molar-refractivity contribution in [1.82, 2.24) is 0 Å². The third-order valence-corrected chi connectivity index (χ3v) is 5.94. The molecular formula is C28H29FO8S. The Hall–Kier alpha value is -4.05. The van der Waals surface area contributed by atoms with Gasteiger partial charge in [0.1, 0.15) is 22.8 Å². The van der Waals surface area contributed by atoms with Crippen molar-refractivity contribution >= 4 is 16.1 Å². The molecule has 0 aliphatic carbocycles. The molecule has 0 amide bonds. The predicted octanol–water partition coefficient (Wildman–Crippen LogP) is 5.95. The van der Waals surface area contributed by atoms with Crippen LogP contribution in [0.5, 0.6) is 23.0 Å². The molecule has 0 heterocycles. The van der Waals surface area contributed by atoms with Gasteiger partial charge in [-0.15, -0.1) is 0 Å². The first kappa shape index (κ1) is 28.5. The maximum atomic E-state index is 14.6. The first-order chi connectivity index (χ1) is 17.9. The van der Waals surface area contributed by atoms with Gasteiger partial charge in [-0.25, -0.2) is 9.18 Å². The molecule has 0 radical (unpaired) electrons. The van der Waals surface area contributed by atoms with Gasteiger partial charge in [0.15, 0.2) is 11.6 Å². The molecule has 0 spiro atoms. The van der Waals surface area contributed by atoms with E-state index in [1.165, 1.54) is 32.4 Å². The Morgan fingerprint density at radius 1 is 0.895 bits per heavy atom. The molecule has 0 fully saturated rings. The topological polar surface area (TPSA) is 108 Å². The van der Waals surface area contributed by atoms with E-state index in [9.17, 15) is 22.7 Å². The van der Waals surface area contributed by atoms with Crippen LogP contribution in [0, 0.1) is 5.82 Å². The van der Waals surface area contributed by atoms with Crippen LogP contribution in [-0.2, 0) is 10.1 Å². The molecule has 3 aromatic rings. The number of hydrogen-bond donors (Lipinski definition) is 1. The number of hydrogen-bond acceptors (Lipinski definition) is 7. The minimum atomic E-state index is -3.90. The second-order valence-electron chi connectivity index (χ2n) is 8.62. The van der Waals surface area contributed by atoms with Crippen LogP contribution in [0.2, 0.25) is 0 Å². The molecule has 0 aliphatic heterocycles. The van der Waals surface area contributed by atoms with Gasteiger partial charge in [-0.05, 0) is 67.8 Å². The quantitative estimate of drug-likeness (QED) is 0.179. The summed E-state index contributed by atoms with van der Waals surface area (Å²) in [6, 6.07) is 11.9. The predicted molar refractivity (Wildman–Crippen MR) is 142 cm³/mol. The number of ether oxygens (including phenoxy) is 3. The zero-order chi connectivity index (χ0) is 28.0.